The van der Waals surface area contributed by atoms with Crippen molar-refractivity contribution < 1.29 is 4.48 Å². The smallest absolute Gasteiger partial charge is 0.299 e. The fourth-order valence-electron chi connectivity index (χ4n) is 3.36. The van der Waals surface area contributed by atoms with E-state index in [1.165, 1.54) is 36.9 Å². The van der Waals surface area contributed by atoms with Crippen molar-refractivity contribution >= 4 is 7.41 Å². The topological polar surface area (TPSA) is 30.9 Å². The van der Waals surface area contributed by atoms with Gasteiger partial charge < -0.3 is 0 Å². The van der Waals surface area contributed by atoms with E-state index in [4.69, 9.17) is 5.26 Å². The first-order valence-corrected chi connectivity index (χ1v) is 6.26. The van der Waals surface area contributed by atoms with Crippen LogP contribution in [0, 0.1) is 17.1 Å². The summed E-state index contributed by atoms with van der Waals surface area (Å²) in [6, 6.07) is 2.74. The average Bonchev–Trinajstić information content (AvgIpc) is 2.72. The Hall–Kier alpha value is -1.34. The van der Waals surface area contributed by atoms with Gasteiger partial charge in [0, 0.05) is 17.7 Å². The predicted molar refractivity (Wildman–Crippen MR) is 65.2 cm³/mol. The van der Waals surface area contributed by atoms with Crippen molar-refractivity contribution in [2.45, 2.75) is 25.3 Å². The van der Waals surface area contributed by atoms with Crippen LogP contribution in [0.5, 0.6) is 0 Å². The molecule has 1 radical (unpaired) electrons. The summed E-state index contributed by atoms with van der Waals surface area (Å²) in [5, 5.41) is 8.73. The Morgan fingerprint density at radius 1 is 1.53 bits per heavy atom. The molecule has 1 fully saturated rings. The van der Waals surface area contributed by atoms with Crippen molar-refractivity contribution in [1.82, 2.24) is 4.90 Å². The van der Waals surface area contributed by atoms with E-state index >= 15 is 0 Å². The highest BCUT2D eigenvalue weighted by molar-refractivity contribution is 6.35. The number of fused-ring (bicyclic) bond motifs is 3. The molecule has 1 aromatic heterocycles. The standard InChI is InChI=1S/C13H16BN3/c1-16-6-4-11-3-2-10-5-7-17(14-9-15)8-12(10)13(11)16/h5,7-8,11,13H,2-4,6H2,1H3/q+1/t11-,13+/m1/s1. The maximum absolute atomic E-state index is 8.73. The van der Waals surface area contributed by atoms with Crippen LogP contribution in [0.25, 0.3) is 0 Å². The number of nitriles is 1. The minimum atomic E-state index is 0.568. The van der Waals surface area contributed by atoms with Crippen LogP contribution in [0.15, 0.2) is 18.5 Å². The van der Waals surface area contributed by atoms with Crippen molar-refractivity contribution in [3.63, 3.8) is 0 Å². The zero-order chi connectivity index (χ0) is 11.8. The van der Waals surface area contributed by atoms with Crippen molar-refractivity contribution in [3.05, 3.63) is 29.6 Å². The summed E-state index contributed by atoms with van der Waals surface area (Å²) < 4.78 is 1.88. The summed E-state index contributed by atoms with van der Waals surface area (Å²) in [5.41, 5.74) is 2.89. The van der Waals surface area contributed by atoms with Gasteiger partial charge in [0.1, 0.15) is 18.4 Å². The predicted octanol–water partition coefficient (Wildman–Crippen LogP) is 0.861. The van der Waals surface area contributed by atoms with Crippen LogP contribution in [0.1, 0.15) is 30.0 Å². The molecule has 1 saturated heterocycles. The van der Waals surface area contributed by atoms with E-state index in [0.29, 0.717) is 6.04 Å². The fourth-order valence-corrected chi connectivity index (χ4v) is 3.36. The van der Waals surface area contributed by atoms with E-state index in [0.717, 1.165) is 5.92 Å². The van der Waals surface area contributed by atoms with Gasteiger partial charge in [0.15, 0.2) is 0 Å². The van der Waals surface area contributed by atoms with Crippen LogP contribution in [-0.2, 0) is 6.42 Å². The lowest BCUT2D eigenvalue weighted by atomic mass is 9.80. The Labute approximate surface area is 103 Å². The quantitative estimate of drug-likeness (QED) is 0.664. The molecule has 2 aliphatic rings. The van der Waals surface area contributed by atoms with E-state index in [1.54, 1.807) is 7.41 Å². The number of hydrogen-bond donors (Lipinski definition) is 0. The second-order valence-electron chi connectivity index (χ2n) is 5.14. The average molecular weight is 225 g/mol. The zero-order valence-corrected chi connectivity index (χ0v) is 10.1. The molecule has 3 rings (SSSR count). The van der Waals surface area contributed by atoms with Gasteiger partial charge in [-0.3, -0.25) is 9.38 Å². The summed E-state index contributed by atoms with van der Waals surface area (Å²) >= 11 is 0. The largest absolute Gasteiger partial charge is 0.671 e. The van der Waals surface area contributed by atoms with Gasteiger partial charge in [-0.25, -0.2) is 5.26 Å². The number of aromatic nitrogens is 1. The molecule has 2 atom stereocenters. The molecule has 0 bridgehead atoms. The first-order valence-electron chi connectivity index (χ1n) is 6.26. The third kappa shape index (κ3) is 1.75. The molecule has 2 heterocycles. The molecule has 0 saturated carbocycles. The van der Waals surface area contributed by atoms with Crippen molar-refractivity contribution in [2.24, 2.45) is 5.92 Å². The molecular formula is C13H16BN3+. The summed E-state index contributed by atoms with van der Waals surface area (Å²) in [7, 11) is 3.77. The molecule has 0 unspecified atom stereocenters. The van der Waals surface area contributed by atoms with Gasteiger partial charge >= 0.3 is 7.41 Å². The van der Waals surface area contributed by atoms with Crippen molar-refractivity contribution in [2.75, 3.05) is 13.6 Å². The first-order chi connectivity index (χ1) is 8.29. The van der Waals surface area contributed by atoms with Crippen LogP contribution < -0.4 is 4.48 Å². The van der Waals surface area contributed by atoms with Gasteiger partial charge in [0.2, 0.25) is 0 Å². The molecule has 4 heteroatoms. The van der Waals surface area contributed by atoms with E-state index in [1.807, 2.05) is 10.7 Å². The van der Waals surface area contributed by atoms with Gasteiger partial charge in [0.05, 0.1) is 0 Å². The van der Waals surface area contributed by atoms with Crippen LogP contribution in [-0.4, -0.2) is 25.9 Å². The number of hydrogen-bond acceptors (Lipinski definition) is 2. The van der Waals surface area contributed by atoms with E-state index in [2.05, 4.69) is 30.2 Å². The lowest BCUT2D eigenvalue weighted by Gasteiger charge is -2.30. The molecule has 0 N–H and O–H groups in total. The fraction of sp³-hybridized carbons (Fsp3) is 0.538. The van der Waals surface area contributed by atoms with Crippen LogP contribution in [0.3, 0.4) is 0 Å². The summed E-state index contributed by atoms with van der Waals surface area (Å²) in [4.78, 5) is 2.46. The Morgan fingerprint density at radius 3 is 3.24 bits per heavy atom. The van der Waals surface area contributed by atoms with Crippen LogP contribution in [0.4, 0.5) is 0 Å². The van der Waals surface area contributed by atoms with Crippen LogP contribution in [0.2, 0.25) is 0 Å². The second-order valence-corrected chi connectivity index (χ2v) is 5.14. The molecule has 0 amide bonds. The third-order valence-corrected chi connectivity index (χ3v) is 4.19. The van der Waals surface area contributed by atoms with Crippen molar-refractivity contribution in [3.8, 4) is 5.97 Å². The normalized spacial score (nSPS) is 27.1. The Morgan fingerprint density at radius 2 is 2.41 bits per heavy atom. The highest BCUT2D eigenvalue weighted by Crippen LogP contribution is 2.43. The number of nitrogens with zero attached hydrogens (tertiary/aromatic N) is 3. The van der Waals surface area contributed by atoms with E-state index in [9.17, 15) is 0 Å². The molecule has 1 aromatic rings. The zero-order valence-electron chi connectivity index (χ0n) is 10.1. The van der Waals surface area contributed by atoms with E-state index < -0.39 is 0 Å². The maximum atomic E-state index is 8.73. The number of pyridine rings is 1. The highest BCUT2D eigenvalue weighted by atomic mass is 15.2. The Kier molecular flexibility index (Phi) is 2.64. The minimum absolute atomic E-state index is 0.568. The number of rotatable bonds is 1. The summed E-state index contributed by atoms with van der Waals surface area (Å²) in [6.07, 6.45) is 7.94. The van der Waals surface area contributed by atoms with Gasteiger partial charge in [-0.1, -0.05) is 0 Å². The Bertz CT molecular complexity index is 480. The lowest BCUT2D eigenvalue weighted by molar-refractivity contribution is -0.527. The SMILES string of the molecule is CN1CC[C@H]2CCc3cc[n+]([B]C#N)cc3[C@H]21. The molecular weight excluding hydrogens is 209 g/mol. The van der Waals surface area contributed by atoms with Gasteiger partial charge in [0.25, 0.3) is 0 Å². The van der Waals surface area contributed by atoms with Crippen molar-refractivity contribution in [1.29, 1.82) is 5.26 Å². The lowest BCUT2D eigenvalue weighted by Crippen LogP contribution is -2.41. The van der Waals surface area contributed by atoms with Gasteiger partial charge in [-0.05, 0) is 44.3 Å². The number of likely N-dealkylation sites (tertiary alicyclic amines) is 1. The molecule has 3 nitrogen and oxygen atoms in total. The third-order valence-electron chi connectivity index (χ3n) is 4.19. The van der Waals surface area contributed by atoms with E-state index in [-0.39, 0.29) is 0 Å². The summed E-state index contributed by atoms with van der Waals surface area (Å²) in [6.45, 7) is 1.20. The van der Waals surface area contributed by atoms with Gasteiger partial charge in [-0.2, -0.15) is 0 Å². The first kappa shape index (κ1) is 10.8. The maximum Gasteiger partial charge on any atom is 0.671 e. The highest BCUT2D eigenvalue weighted by Gasteiger charge is 2.38. The molecule has 85 valence electrons. The molecule has 0 spiro atoms. The summed E-state index contributed by atoms with van der Waals surface area (Å²) in [5.74, 6) is 2.90. The molecule has 1 aliphatic carbocycles. The van der Waals surface area contributed by atoms with Crippen LogP contribution >= 0.6 is 0 Å². The molecule has 17 heavy (non-hydrogen) atoms. The second kappa shape index (κ2) is 4.16. The Balaban J connectivity index is 2.02. The van der Waals surface area contributed by atoms with Gasteiger partial charge in [-0.15, -0.1) is 0 Å². The molecule has 0 aromatic carbocycles. The molecule has 1 aliphatic heterocycles. The minimum Gasteiger partial charge on any atom is -0.299 e. The monoisotopic (exact) mass is 225 g/mol. The number of aryl methyl sites for hydroxylation is 1.